The fourth-order valence-electron chi connectivity index (χ4n) is 4.98. The summed E-state index contributed by atoms with van der Waals surface area (Å²) in [4.78, 5) is 31.1. The number of benzene rings is 3. The highest BCUT2D eigenvalue weighted by molar-refractivity contribution is 6.02. The Hall–Kier alpha value is -4.39. The average Bonchev–Trinajstić information content (AvgIpc) is 3.45. The molecule has 6 nitrogen and oxygen atoms in total. The zero-order valence-corrected chi connectivity index (χ0v) is 21.5. The molecule has 7 heteroatoms. The number of amides is 2. The molecule has 0 N–H and O–H groups in total. The molecule has 3 aromatic carbocycles. The van der Waals surface area contributed by atoms with Gasteiger partial charge in [0.1, 0.15) is 24.2 Å². The first-order valence-corrected chi connectivity index (χ1v) is 12.8. The minimum absolute atomic E-state index is 0.0857. The number of hydrogen-bond acceptors (Lipinski definition) is 3. The normalized spacial score (nSPS) is 14.0. The van der Waals surface area contributed by atoms with Gasteiger partial charge in [-0.1, -0.05) is 37.6 Å². The second-order valence-electron chi connectivity index (χ2n) is 9.32. The summed E-state index contributed by atoms with van der Waals surface area (Å²) in [5.74, 6) is -0.0968. The molecule has 1 aromatic heterocycles. The number of para-hydroxylation sites is 2. The molecule has 5 rings (SSSR count). The molecule has 4 aromatic rings. The lowest BCUT2D eigenvalue weighted by atomic mass is 9.97. The third-order valence-corrected chi connectivity index (χ3v) is 6.91. The van der Waals surface area contributed by atoms with Crippen molar-refractivity contribution < 1.29 is 18.7 Å². The van der Waals surface area contributed by atoms with E-state index in [1.54, 1.807) is 53.3 Å². The Labute approximate surface area is 221 Å². The van der Waals surface area contributed by atoms with Crippen molar-refractivity contribution in [3.05, 3.63) is 114 Å². The summed E-state index contributed by atoms with van der Waals surface area (Å²) in [6.07, 6.45) is 3.63. The van der Waals surface area contributed by atoms with Gasteiger partial charge in [-0.2, -0.15) is 0 Å². The maximum atomic E-state index is 14.2. The minimum atomic E-state index is -0.475. The van der Waals surface area contributed by atoms with Gasteiger partial charge >= 0.3 is 0 Å². The summed E-state index contributed by atoms with van der Waals surface area (Å²) in [6, 6.07) is 24.3. The van der Waals surface area contributed by atoms with Crippen molar-refractivity contribution in [3.8, 4) is 11.4 Å². The molecule has 38 heavy (non-hydrogen) atoms. The van der Waals surface area contributed by atoms with Crippen molar-refractivity contribution in [2.24, 2.45) is 0 Å². The number of unbranched alkanes of at least 4 members (excludes halogenated alkanes) is 1. The summed E-state index contributed by atoms with van der Waals surface area (Å²) in [6.45, 7) is 2.43. The number of carbonyl (C=O) groups is 2. The van der Waals surface area contributed by atoms with E-state index >= 15 is 0 Å². The highest BCUT2D eigenvalue weighted by Crippen LogP contribution is 2.42. The highest BCUT2D eigenvalue weighted by atomic mass is 19.1. The molecule has 2 amide bonds. The van der Waals surface area contributed by atoms with Crippen LogP contribution in [0, 0.1) is 5.82 Å². The van der Waals surface area contributed by atoms with Gasteiger partial charge in [-0.25, -0.2) is 4.39 Å². The Morgan fingerprint density at radius 1 is 0.921 bits per heavy atom. The first-order valence-electron chi connectivity index (χ1n) is 12.8. The molecular formula is C31H30FN3O3. The van der Waals surface area contributed by atoms with E-state index in [1.165, 1.54) is 12.1 Å². The lowest BCUT2D eigenvalue weighted by molar-refractivity contribution is -0.119. The fourth-order valence-corrected chi connectivity index (χ4v) is 4.98. The molecule has 1 atom stereocenters. The van der Waals surface area contributed by atoms with E-state index in [9.17, 15) is 14.0 Å². The van der Waals surface area contributed by atoms with Crippen LogP contribution in [0.2, 0.25) is 0 Å². The van der Waals surface area contributed by atoms with Gasteiger partial charge in [0.2, 0.25) is 5.91 Å². The number of anilines is 1. The van der Waals surface area contributed by atoms with Crippen molar-refractivity contribution >= 4 is 17.5 Å². The second kappa shape index (κ2) is 10.9. The number of nitrogens with zero attached hydrogens (tertiary/aromatic N) is 3. The smallest absolute Gasteiger partial charge is 0.254 e. The average molecular weight is 512 g/mol. The maximum Gasteiger partial charge on any atom is 0.254 e. The van der Waals surface area contributed by atoms with Gasteiger partial charge in [-0.15, -0.1) is 0 Å². The van der Waals surface area contributed by atoms with E-state index in [4.69, 9.17) is 4.74 Å². The number of hydrogen-bond donors (Lipinski definition) is 0. The lowest BCUT2D eigenvalue weighted by Crippen LogP contribution is -2.47. The molecule has 0 radical (unpaired) electrons. The number of halogens is 1. The summed E-state index contributed by atoms with van der Waals surface area (Å²) < 4.78 is 21.1. The van der Waals surface area contributed by atoms with Crippen LogP contribution in [0.3, 0.4) is 0 Å². The third-order valence-electron chi connectivity index (χ3n) is 6.91. The molecule has 1 aliphatic heterocycles. The van der Waals surface area contributed by atoms with Crippen LogP contribution in [0.4, 0.5) is 10.1 Å². The Morgan fingerprint density at radius 2 is 1.63 bits per heavy atom. The van der Waals surface area contributed by atoms with Crippen molar-refractivity contribution in [1.82, 2.24) is 9.47 Å². The molecule has 0 bridgehead atoms. The number of ether oxygens (including phenoxy) is 1. The summed E-state index contributed by atoms with van der Waals surface area (Å²) in [5.41, 5.74) is 3.79. The van der Waals surface area contributed by atoms with Crippen LogP contribution in [-0.4, -0.2) is 41.5 Å². The van der Waals surface area contributed by atoms with E-state index in [-0.39, 0.29) is 24.2 Å². The minimum Gasteiger partial charge on any atom is -0.497 e. The fraction of sp³-hybridized carbons (Fsp3) is 0.226. The molecule has 2 heterocycles. The highest BCUT2D eigenvalue weighted by Gasteiger charge is 2.37. The predicted octanol–water partition coefficient (Wildman–Crippen LogP) is 6.00. The standard InChI is InChI=1S/C31H30FN3O3/c1-3-4-19-33(31(37)23-13-17-25(38-2)18-14-23)21-29(36)35-27-9-6-5-8-26(27)34-20-7-10-28(34)30(35)22-11-15-24(32)16-12-22/h5-18,20,30H,3-4,19,21H2,1-2H3. The molecule has 194 valence electrons. The van der Waals surface area contributed by atoms with Crippen LogP contribution in [0.15, 0.2) is 91.1 Å². The topological polar surface area (TPSA) is 54.8 Å². The van der Waals surface area contributed by atoms with E-state index in [1.807, 2.05) is 42.6 Å². The van der Waals surface area contributed by atoms with Gasteiger partial charge in [0.25, 0.3) is 5.91 Å². The number of rotatable bonds is 8. The quantitative estimate of drug-likeness (QED) is 0.291. The molecule has 0 saturated carbocycles. The van der Waals surface area contributed by atoms with Crippen molar-refractivity contribution in [2.75, 3.05) is 25.1 Å². The first-order chi connectivity index (χ1) is 18.5. The Kier molecular flexibility index (Phi) is 7.26. The maximum absolute atomic E-state index is 14.2. The number of fused-ring (bicyclic) bond motifs is 3. The van der Waals surface area contributed by atoms with Crippen LogP contribution in [0.1, 0.15) is 47.4 Å². The van der Waals surface area contributed by atoms with Crippen LogP contribution in [-0.2, 0) is 4.79 Å². The largest absolute Gasteiger partial charge is 0.497 e. The first kappa shape index (κ1) is 25.3. The van der Waals surface area contributed by atoms with Gasteiger partial charge in [-0.05, 0) is 72.6 Å². The second-order valence-corrected chi connectivity index (χ2v) is 9.32. The monoisotopic (exact) mass is 511 g/mol. The Morgan fingerprint density at radius 3 is 2.32 bits per heavy atom. The van der Waals surface area contributed by atoms with Gasteiger partial charge in [-0.3, -0.25) is 14.5 Å². The van der Waals surface area contributed by atoms with Gasteiger partial charge in [0, 0.05) is 18.3 Å². The van der Waals surface area contributed by atoms with Crippen molar-refractivity contribution in [2.45, 2.75) is 25.8 Å². The van der Waals surface area contributed by atoms with Crippen LogP contribution >= 0.6 is 0 Å². The molecule has 0 spiro atoms. The SMILES string of the molecule is CCCCN(CC(=O)N1c2ccccc2-n2cccc2C1c1ccc(F)cc1)C(=O)c1ccc(OC)cc1. The van der Waals surface area contributed by atoms with E-state index in [0.717, 1.165) is 35.5 Å². The van der Waals surface area contributed by atoms with Crippen LogP contribution < -0.4 is 9.64 Å². The van der Waals surface area contributed by atoms with Gasteiger partial charge in [0.05, 0.1) is 24.2 Å². The molecule has 1 unspecified atom stereocenters. The van der Waals surface area contributed by atoms with E-state index < -0.39 is 6.04 Å². The number of aromatic nitrogens is 1. The summed E-state index contributed by atoms with van der Waals surface area (Å²) >= 11 is 0. The van der Waals surface area contributed by atoms with Crippen LogP contribution in [0.5, 0.6) is 5.75 Å². The Bertz CT molecular complexity index is 1430. The molecule has 1 aliphatic rings. The summed E-state index contributed by atoms with van der Waals surface area (Å²) in [5, 5.41) is 0. The summed E-state index contributed by atoms with van der Waals surface area (Å²) in [7, 11) is 1.58. The van der Waals surface area contributed by atoms with Crippen molar-refractivity contribution in [1.29, 1.82) is 0 Å². The number of carbonyl (C=O) groups excluding carboxylic acids is 2. The molecule has 0 fully saturated rings. The van der Waals surface area contributed by atoms with Gasteiger partial charge in [0.15, 0.2) is 0 Å². The van der Waals surface area contributed by atoms with E-state index in [0.29, 0.717) is 17.9 Å². The van der Waals surface area contributed by atoms with E-state index in [2.05, 4.69) is 11.5 Å². The molecule has 0 saturated heterocycles. The Balaban J connectivity index is 1.53. The molecule has 0 aliphatic carbocycles. The zero-order valence-electron chi connectivity index (χ0n) is 21.5. The lowest BCUT2D eigenvalue weighted by Gasteiger charge is -2.39. The predicted molar refractivity (Wildman–Crippen MR) is 145 cm³/mol. The zero-order chi connectivity index (χ0) is 26.6. The number of methoxy groups -OCH3 is 1. The molecular weight excluding hydrogens is 481 g/mol. The van der Waals surface area contributed by atoms with Crippen molar-refractivity contribution in [3.63, 3.8) is 0 Å². The third kappa shape index (κ3) is 4.79. The van der Waals surface area contributed by atoms with Crippen LogP contribution in [0.25, 0.3) is 5.69 Å². The van der Waals surface area contributed by atoms with Gasteiger partial charge < -0.3 is 14.2 Å².